The van der Waals surface area contributed by atoms with E-state index in [1.807, 2.05) is 4.90 Å². The largest absolute Gasteiger partial charge is 0.342 e. The number of hydrogen-bond donors (Lipinski definition) is 1. The Morgan fingerprint density at radius 1 is 1.55 bits per heavy atom. The molecule has 0 aromatic rings. The lowest BCUT2D eigenvalue weighted by molar-refractivity contribution is -0.128. The Morgan fingerprint density at radius 2 is 2.09 bits per heavy atom. The predicted molar refractivity (Wildman–Crippen MR) is 43.1 cm³/mol. The van der Waals surface area contributed by atoms with Crippen molar-refractivity contribution in [3.63, 3.8) is 0 Å². The van der Waals surface area contributed by atoms with Gasteiger partial charge >= 0.3 is 0 Å². The van der Waals surface area contributed by atoms with Crippen LogP contribution in [0.1, 0.15) is 19.8 Å². The standard InChI is InChI=1S/C7H13N3O/c1-6(11)10-4-2-7(9-8)3-5-10/h2-5,8H2,1H3. The van der Waals surface area contributed by atoms with Gasteiger partial charge in [-0.1, -0.05) is 0 Å². The smallest absolute Gasteiger partial charge is 0.219 e. The van der Waals surface area contributed by atoms with Crippen LogP contribution in [0.25, 0.3) is 0 Å². The van der Waals surface area contributed by atoms with Crippen LogP contribution < -0.4 is 5.84 Å². The highest BCUT2D eigenvalue weighted by Crippen LogP contribution is 2.06. The van der Waals surface area contributed by atoms with Crippen molar-refractivity contribution in [2.24, 2.45) is 10.9 Å². The number of piperidine rings is 1. The molecule has 1 saturated heterocycles. The molecule has 62 valence electrons. The van der Waals surface area contributed by atoms with E-state index in [4.69, 9.17) is 5.84 Å². The maximum Gasteiger partial charge on any atom is 0.219 e. The van der Waals surface area contributed by atoms with Crippen molar-refractivity contribution < 1.29 is 4.79 Å². The van der Waals surface area contributed by atoms with E-state index in [0.717, 1.165) is 31.6 Å². The van der Waals surface area contributed by atoms with Gasteiger partial charge < -0.3 is 10.7 Å². The van der Waals surface area contributed by atoms with Gasteiger partial charge in [0, 0.05) is 38.6 Å². The summed E-state index contributed by atoms with van der Waals surface area (Å²) in [5, 5.41) is 3.62. The van der Waals surface area contributed by atoms with Crippen molar-refractivity contribution in [1.29, 1.82) is 0 Å². The minimum absolute atomic E-state index is 0.140. The van der Waals surface area contributed by atoms with Crippen molar-refractivity contribution >= 4 is 11.6 Å². The topological polar surface area (TPSA) is 58.7 Å². The van der Waals surface area contributed by atoms with Gasteiger partial charge in [0.05, 0.1) is 0 Å². The second kappa shape index (κ2) is 3.37. The zero-order valence-corrected chi connectivity index (χ0v) is 6.71. The zero-order chi connectivity index (χ0) is 8.27. The lowest BCUT2D eigenvalue weighted by Gasteiger charge is -2.25. The molecule has 0 aromatic heterocycles. The first kappa shape index (κ1) is 8.04. The fourth-order valence-electron chi connectivity index (χ4n) is 1.21. The Balaban J connectivity index is 2.42. The molecule has 0 aliphatic carbocycles. The van der Waals surface area contributed by atoms with Gasteiger partial charge in [-0.25, -0.2) is 0 Å². The third-order valence-electron chi connectivity index (χ3n) is 1.97. The van der Waals surface area contributed by atoms with E-state index in [-0.39, 0.29) is 5.91 Å². The van der Waals surface area contributed by atoms with Crippen molar-refractivity contribution in [2.45, 2.75) is 19.8 Å². The van der Waals surface area contributed by atoms with E-state index in [0.29, 0.717) is 0 Å². The molecule has 1 rings (SSSR count). The summed E-state index contributed by atoms with van der Waals surface area (Å²) in [5.41, 5.74) is 1.02. The number of rotatable bonds is 0. The lowest BCUT2D eigenvalue weighted by atomic mass is 10.1. The van der Waals surface area contributed by atoms with Crippen molar-refractivity contribution in [1.82, 2.24) is 4.90 Å². The normalized spacial score (nSPS) is 18.3. The van der Waals surface area contributed by atoms with Crippen LogP contribution in [0.5, 0.6) is 0 Å². The van der Waals surface area contributed by atoms with Crippen LogP contribution in [-0.4, -0.2) is 29.6 Å². The van der Waals surface area contributed by atoms with Crippen LogP contribution >= 0.6 is 0 Å². The fourth-order valence-corrected chi connectivity index (χ4v) is 1.21. The highest BCUT2D eigenvalue weighted by Gasteiger charge is 2.15. The maximum atomic E-state index is 10.8. The second-order valence-corrected chi connectivity index (χ2v) is 2.70. The molecule has 2 N–H and O–H groups in total. The van der Waals surface area contributed by atoms with Gasteiger partial charge in [-0.2, -0.15) is 5.10 Å². The van der Waals surface area contributed by atoms with Gasteiger partial charge in [0.1, 0.15) is 0 Å². The number of hydrogen-bond acceptors (Lipinski definition) is 3. The van der Waals surface area contributed by atoms with E-state index in [9.17, 15) is 4.79 Å². The van der Waals surface area contributed by atoms with Gasteiger partial charge in [-0.3, -0.25) is 4.79 Å². The summed E-state index contributed by atoms with van der Waals surface area (Å²) < 4.78 is 0. The van der Waals surface area contributed by atoms with Gasteiger partial charge in [0.15, 0.2) is 0 Å². The molecule has 1 heterocycles. The number of amides is 1. The summed E-state index contributed by atoms with van der Waals surface area (Å²) in [7, 11) is 0. The zero-order valence-electron chi connectivity index (χ0n) is 6.71. The molecule has 4 nitrogen and oxygen atoms in total. The summed E-state index contributed by atoms with van der Waals surface area (Å²) >= 11 is 0. The first-order chi connectivity index (χ1) is 5.24. The Bertz CT molecular complexity index is 178. The molecule has 1 aliphatic heterocycles. The number of carbonyl (C=O) groups excluding carboxylic acids is 1. The van der Waals surface area contributed by atoms with E-state index < -0.39 is 0 Å². The van der Waals surface area contributed by atoms with Crippen molar-refractivity contribution in [2.75, 3.05) is 13.1 Å². The summed E-state index contributed by atoms with van der Waals surface area (Å²) in [6.07, 6.45) is 1.66. The highest BCUT2D eigenvalue weighted by molar-refractivity contribution is 5.87. The third kappa shape index (κ3) is 1.93. The second-order valence-electron chi connectivity index (χ2n) is 2.70. The molecule has 0 unspecified atom stereocenters. The predicted octanol–water partition coefficient (Wildman–Crippen LogP) is -0.0566. The van der Waals surface area contributed by atoms with Crippen LogP contribution in [0.15, 0.2) is 5.10 Å². The number of nitrogens with two attached hydrogens (primary N) is 1. The molecule has 0 saturated carbocycles. The van der Waals surface area contributed by atoms with E-state index >= 15 is 0 Å². The fraction of sp³-hybridized carbons (Fsp3) is 0.714. The molecule has 0 bridgehead atoms. The van der Waals surface area contributed by atoms with Gasteiger partial charge in [-0.05, 0) is 0 Å². The molecular formula is C7H13N3O. The van der Waals surface area contributed by atoms with E-state index in [1.54, 1.807) is 6.92 Å². The Hall–Kier alpha value is -1.06. The number of carbonyl (C=O) groups is 1. The Morgan fingerprint density at radius 3 is 2.45 bits per heavy atom. The average Bonchev–Trinajstić information content (AvgIpc) is 2.05. The minimum Gasteiger partial charge on any atom is -0.342 e. The van der Waals surface area contributed by atoms with Gasteiger partial charge in [-0.15, -0.1) is 0 Å². The number of hydrazone groups is 1. The van der Waals surface area contributed by atoms with E-state index in [2.05, 4.69) is 5.10 Å². The van der Waals surface area contributed by atoms with Gasteiger partial charge in [0.25, 0.3) is 0 Å². The monoisotopic (exact) mass is 155 g/mol. The molecule has 0 radical (unpaired) electrons. The van der Waals surface area contributed by atoms with Crippen LogP contribution in [-0.2, 0) is 4.79 Å². The molecule has 11 heavy (non-hydrogen) atoms. The summed E-state index contributed by atoms with van der Waals surface area (Å²) in [6.45, 7) is 3.13. The first-order valence-corrected chi connectivity index (χ1v) is 3.75. The summed E-state index contributed by atoms with van der Waals surface area (Å²) in [6, 6.07) is 0. The van der Waals surface area contributed by atoms with Crippen molar-refractivity contribution in [3.8, 4) is 0 Å². The van der Waals surface area contributed by atoms with Crippen LogP contribution in [0.4, 0.5) is 0 Å². The quantitative estimate of drug-likeness (QED) is 0.393. The third-order valence-corrected chi connectivity index (χ3v) is 1.97. The first-order valence-electron chi connectivity index (χ1n) is 3.75. The Kier molecular flexibility index (Phi) is 2.46. The molecule has 1 fully saturated rings. The number of likely N-dealkylation sites (tertiary alicyclic amines) is 1. The summed E-state index contributed by atoms with van der Waals surface area (Å²) in [4.78, 5) is 12.7. The van der Waals surface area contributed by atoms with Gasteiger partial charge in [0.2, 0.25) is 5.91 Å². The van der Waals surface area contributed by atoms with Crippen LogP contribution in [0.2, 0.25) is 0 Å². The highest BCUT2D eigenvalue weighted by atomic mass is 16.2. The molecule has 4 heteroatoms. The minimum atomic E-state index is 0.140. The summed E-state index contributed by atoms with van der Waals surface area (Å²) in [5.74, 6) is 5.25. The number of nitrogens with zero attached hydrogens (tertiary/aromatic N) is 2. The molecular weight excluding hydrogens is 142 g/mol. The van der Waals surface area contributed by atoms with Crippen LogP contribution in [0, 0.1) is 0 Å². The maximum absolute atomic E-state index is 10.8. The molecule has 0 spiro atoms. The molecule has 1 aliphatic rings. The molecule has 1 amide bonds. The Labute approximate surface area is 66.0 Å². The average molecular weight is 155 g/mol. The SMILES string of the molecule is CC(=O)N1CCC(=NN)CC1. The van der Waals surface area contributed by atoms with E-state index in [1.165, 1.54) is 0 Å². The molecule has 0 atom stereocenters. The lowest BCUT2D eigenvalue weighted by Crippen LogP contribution is -2.37. The molecule has 0 aromatic carbocycles. The van der Waals surface area contributed by atoms with Crippen LogP contribution in [0.3, 0.4) is 0 Å². The van der Waals surface area contributed by atoms with Crippen molar-refractivity contribution in [3.05, 3.63) is 0 Å².